The van der Waals surface area contributed by atoms with Crippen molar-refractivity contribution in [1.29, 1.82) is 0 Å². The Morgan fingerprint density at radius 2 is 1.80 bits per heavy atom. The van der Waals surface area contributed by atoms with E-state index in [1.165, 1.54) is 0 Å². The maximum atomic E-state index is 12.5. The highest BCUT2D eigenvalue weighted by Gasteiger charge is 2.27. The summed E-state index contributed by atoms with van der Waals surface area (Å²) in [6.45, 7) is 7.50. The van der Waals surface area contributed by atoms with Crippen LogP contribution in [0.2, 0.25) is 5.02 Å². The molecule has 2 N–H and O–H groups in total. The second-order valence-electron chi connectivity index (χ2n) is 6.22. The van der Waals surface area contributed by atoms with E-state index < -0.39 is 18.0 Å². The number of carboxylic acid groups (broad SMARTS) is 1. The lowest BCUT2D eigenvalue weighted by molar-refractivity contribution is -0.132. The number of carboxylic acids is 1. The summed E-state index contributed by atoms with van der Waals surface area (Å²) in [7, 11) is 0. The van der Waals surface area contributed by atoms with Gasteiger partial charge in [-0.3, -0.25) is 4.79 Å². The fourth-order valence-electron chi connectivity index (χ4n) is 2.58. The van der Waals surface area contributed by atoms with Crippen LogP contribution in [-0.4, -0.2) is 29.7 Å². The van der Waals surface area contributed by atoms with Gasteiger partial charge >= 0.3 is 5.97 Å². The van der Waals surface area contributed by atoms with Crippen molar-refractivity contribution in [2.24, 2.45) is 0 Å². The molecule has 1 amide bonds. The van der Waals surface area contributed by atoms with Crippen LogP contribution in [0, 0.1) is 0 Å². The largest absolute Gasteiger partial charge is 0.485 e. The molecule has 1 aliphatic heterocycles. The minimum Gasteiger partial charge on any atom is -0.485 e. The van der Waals surface area contributed by atoms with Crippen molar-refractivity contribution in [3.05, 3.63) is 88.3 Å². The molecule has 2 aromatic rings. The maximum Gasteiger partial charge on any atom is 0.335 e. The Balaban J connectivity index is 1.66. The lowest BCUT2D eigenvalue weighted by Gasteiger charge is -2.25. The van der Waals surface area contributed by atoms with Crippen LogP contribution in [0.25, 0.3) is 5.57 Å². The van der Waals surface area contributed by atoms with Gasteiger partial charge in [-0.1, -0.05) is 60.8 Å². The van der Waals surface area contributed by atoms with E-state index in [4.69, 9.17) is 21.1 Å². The van der Waals surface area contributed by atoms with Gasteiger partial charge in [-0.2, -0.15) is 0 Å². The molecule has 0 aliphatic carbocycles. The average Bonchev–Trinajstić information content (AvgIpc) is 2.74. The molecule has 0 saturated carbocycles. The second-order valence-corrected chi connectivity index (χ2v) is 7.62. The van der Waals surface area contributed by atoms with E-state index in [9.17, 15) is 14.7 Å². The molecule has 2 aromatic carbocycles. The van der Waals surface area contributed by atoms with Crippen molar-refractivity contribution >= 4 is 40.8 Å². The van der Waals surface area contributed by atoms with Gasteiger partial charge in [-0.05, 0) is 35.2 Å². The lowest BCUT2D eigenvalue weighted by atomic mass is 10.0. The van der Waals surface area contributed by atoms with Crippen molar-refractivity contribution in [2.75, 3.05) is 6.61 Å². The molecular formula is C22H18ClNO5S. The number of aliphatic carboxylic acids is 1. The maximum absolute atomic E-state index is 12.5. The highest BCUT2D eigenvalue weighted by molar-refractivity contribution is 8.05. The van der Waals surface area contributed by atoms with Crippen LogP contribution in [0.1, 0.15) is 5.56 Å². The first-order valence-corrected chi connectivity index (χ1v) is 10.0. The van der Waals surface area contributed by atoms with E-state index in [2.05, 4.69) is 18.5 Å². The van der Waals surface area contributed by atoms with Crippen molar-refractivity contribution in [3.63, 3.8) is 0 Å². The highest BCUT2D eigenvalue weighted by atomic mass is 35.5. The van der Waals surface area contributed by atoms with Crippen LogP contribution in [0.15, 0.2) is 77.7 Å². The summed E-state index contributed by atoms with van der Waals surface area (Å²) >= 11 is 6.97. The predicted octanol–water partition coefficient (Wildman–Crippen LogP) is 4.48. The molecule has 0 fully saturated rings. The van der Waals surface area contributed by atoms with Crippen LogP contribution >= 0.6 is 23.4 Å². The summed E-state index contributed by atoms with van der Waals surface area (Å²) in [4.78, 5) is 23.9. The van der Waals surface area contributed by atoms with Gasteiger partial charge in [0.1, 0.15) is 6.61 Å². The van der Waals surface area contributed by atoms with Crippen molar-refractivity contribution in [2.45, 2.75) is 6.10 Å². The quantitative estimate of drug-likeness (QED) is 0.484. The average molecular weight is 444 g/mol. The Labute approximate surface area is 182 Å². The van der Waals surface area contributed by atoms with Gasteiger partial charge < -0.3 is 19.9 Å². The minimum atomic E-state index is -1.15. The number of ether oxygens (including phenoxy) is 2. The molecule has 0 aromatic heterocycles. The van der Waals surface area contributed by atoms with Gasteiger partial charge in [-0.25, -0.2) is 4.79 Å². The summed E-state index contributed by atoms with van der Waals surface area (Å²) in [5, 5.41) is 14.4. The first-order valence-electron chi connectivity index (χ1n) is 8.78. The molecule has 0 radical (unpaired) electrons. The molecule has 3 rings (SSSR count). The number of rotatable bonds is 7. The molecule has 1 aliphatic rings. The number of nitrogens with one attached hydrogen (secondary N) is 1. The summed E-state index contributed by atoms with van der Waals surface area (Å²) in [5.41, 5.74) is 0.911. The molecule has 0 bridgehead atoms. The molecule has 1 unspecified atom stereocenters. The number of thioether (sulfide) groups is 1. The first kappa shape index (κ1) is 21.5. The third-order valence-corrected chi connectivity index (χ3v) is 5.11. The number of hydrogen-bond acceptors (Lipinski definition) is 5. The standard InChI is InChI=1S/C22H18ClNO5S/c1-13(22(26)27)17(15-7-9-16(23)10-8-15)12-30-14(2)24-21(25)20-11-28-18-5-3-4-6-19(18)29-20/h3-10,12,20H,1-2,11H2,(H,24,25)(H,26,27). The molecular weight excluding hydrogens is 426 g/mol. The fraction of sp³-hybridized carbons (Fsp3) is 0.0909. The Morgan fingerprint density at radius 1 is 1.13 bits per heavy atom. The topological polar surface area (TPSA) is 84.9 Å². The highest BCUT2D eigenvalue weighted by Crippen LogP contribution is 2.31. The molecule has 0 spiro atoms. The van der Waals surface area contributed by atoms with E-state index in [0.29, 0.717) is 32.7 Å². The third-order valence-electron chi connectivity index (χ3n) is 4.12. The summed E-state index contributed by atoms with van der Waals surface area (Å²) in [6, 6.07) is 13.8. The van der Waals surface area contributed by atoms with E-state index in [-0.39, 0.29) is 12.2 Å². The number of amides is 1. The van der Waals surface area contributed by atoms with Crippen LogP contribution in [-0.2, 0) is 9.59 Å². The van der Waals surface area contributed by atoms with Gasteiger partial charge in [-0.15, -0.1) is 0 Å². The molecule has 1 atom stereocenters. The predicted molar refractivity (Wildman–Crippen MR) is 117 cm³/mol. The van der Waals surface area contributed by atoms with Crippen LogP contribution < -0.4 is 14.8 Å². The Morgan fingerprint density at radius 3 is 2.47 bits per heavy atom. The molecule has 1 heterocycles. The normalized spacial score (nSPS) is 15.2. The van der Waals surface area contributed by atoms with Crippen LogP contribution in [0.3, 0.4) is 0 Å². The lowest BCUT2D eigenvalue weighted by Crippen LogP contribution is -2.43. The van der Waals surface area contributed by atoms with Gasteiger partial charge in [0.25, 0.3) is 5.91 Å². The molecule has 8 heteroatoms. The van der Waals surface area contributed by atoms with Crippen molar-refractivity contribution < 1.29 is 24.2 Å². The molecule has 154 valence electrons. The zero-order valence-corrected chi connectivity index (χ0v) is 17.3. The monoisotopic (exact) mass is 443 g/mol. The minimum absolute atomic E-state index is 0.0719. The van der Waals surface area contributed by atoms with Gasteiger partial charge in [0.2, 0.25) is 6.10 Å². The molecule has 6 nitrogen and oxygen atoms in total. The Kier molecular flexibility index (Phi) is 6.87. The zero-order chi connectivity index (χ0) is 21.7. The Hall–Kier alpha value is -3.16. The summed E-state index contributed by atoms with van der Waals surface area (Å²) < 4.78 is 11.2. The van der Waals surface area contributed by atoms with E-state index in [0.717, 1.165) is 11.8 Å². The zero-order valence-electron chi connectivity index (χ0n) is 15.8. The SMILES string of the molecule is C=C(NC(=O)C1COc2ccccc2O1)SC=C(C(=C)C(=O)O)c1ccc(Cl)cc1. The van der Waals surface area contributed by atoms with Crippen LogP contribution in [0.5, 0.6) is 11.5 Å². The van der Waals surface area contributed by atoms with Crippen molar-refractivity contribution in [1.82, 2.24) is 5.32 Å². The fourth-order valence-corrected chi connectivity index (χ4v) is 3.41. The Bertz CT molecular complexity index is 1030. The van der Waals surface area contributed by atoms with Gasteiger partial charge in [0, 0.05) is 10.6 Å². The van der Waals surface area contributed by atoms with Gasteiger partial charge in [0.15, 0.2) is 11.5 Å². The number of benzene rings is 2. The van der Waals surface area contributed by atoms with E-state index in [1.807, 2.05) is 6.07 Å². The summed E-state index contributed by atoms with van der Waals surface area (Å²) in [6.07, 6.45) is -0.828. The smallest absolute Gasteiger partial charge is 0.335 e. The van der Waals surface area contributed by atoms with E-state index >= 15 is 0 Å². The number of halogens is 1. The van der Waals surface area contributed by atoms with Crippen LogP contribution in [0.4, 0.5) is 0 Å². The number of fused-ring (bicyclic) bond motifs is 1. The number of carbonyl (C=O) groups is 2. The van der Waals surface area contributed by atoms with E-state index in [1.54, 1.807) is 47.9 Å². The number of carbonyl (C=O) groups excluding carboxylic acids is 1. The molecule has 0 saturated heterocycles. The number of para-hydroxylation sites is 2. The second kappa shape index (κ2) is 9.56. The van der Waals surface area contributed by atoms with Crippen molar-refractivity contribution in [3.8, 4) is 11.5 Å². The molecule has 30 heavy (non-hydrogen) atoms. The summed E-state index contributed by atoms with van der Waals surface area (Å²) in [5.74, 6) is -0.499. The van der Waals surface area contributed by atoms with Gasteiger partial charge in [0.05, 0.1) is 10.6 Å². The number of hydrogen-bond donors (Lipinski definition) is 2. The first-order chi connectivity index (χ1) is 14.3. The third kappa shape index (κ3) is 5.25.